The van der Waals surface area contributed by atoms with Crippen molar-refractivity contribution >= 4 is 39.1 Å². The van der Waals surface area contributed by atoms with Crippen LogP contribution < -0.4 is 10.6 Å². The van der Waals surface area contributed by atoms with Gasteiger partial charge in [-0.15, -0.1) is 0 Å². The van der Waals surface area contributed by atoms with Crippen molar-refractivity contribution < 1.29 is 9.59 Å². The Labute approximate surface area is 156 Å². The molecule has 0 unspecified atom stereocenters. The summed E-state index contributed by atoms with van der Waals surface area (Å²) in [4.78, 5) is 25.3. The minimum atomic E-state index is -0.119. The predicted molar refractivity (Wildman–Crippen MR) is 105 cm³/mol. The molecule has 2 amide bonds. The molecule has 2 rings (SSSR count). The standard InChI is InChI=1S/C19H22BrN3O2/c1-23(2)19(25)10-9-14-5-3-7-16(11-14)21-13-18(24)22-17-8-4-6-15(20)12-17/h3-8,11-12,21H,9-10,13H2,1-2H3,(H,22,24). The molecular formula is C19H22BrN3O2. The fraction of sp³-hybridized carbons (Fsp3) is 0.263. The number of nitrogens with zero attached hydrogens (tertiary/aromatic N) is 1. The van der Waals surface area contributed by atoms with Gasteiger partial charge in [-0.1, -0.05) is 34.1 Å². The largest absolute Gasteiger partial charge is 0.376 e. The Balaban J connectivity index is 1.85. The summed E-state index contributed by atoms with van der Waals surface area (Å²) in [7, 11) is 3.51. The van der Waals surface area contributed by atoms with E-state index in [1.165, 1.54) is 0 Å². The number of amides is 2. The molecule has 25 heavy (non-hydrogen) atoms. The van der Waals surface area contributed by atoms with E-state index >= 15 is 0 Å². The first-order valence-electron chi connectivity index (χ1n) is 8.02. The van der Waals surface area contributed by atoms with Crippen LogP contribution in [0.25, 0.3) is 0 Å². The summed E-state index contributed by atoms with van der Waals surface area (Å²) >= 11 is 3.38. The van der Waals surface area contributed by atoms with E-state index in [1.807, 2.05) is 48.5 Å². The first-order valence-corrected chi connectivity index (χ1v) is 8.82. The predicted octanol–water partition coefficient (Wildman–Crippen LogP) is 3.52. The number of anilines is 2. The van der Waals surface area contributed by atoms with Crippen molar-refractivity contribution in [2.24, 2.45) is 0 Å². The van der Waals surface area contributed by atoms with Crippen molar-refractivity contribution in [2.45, 2.75) is 12.8 Å². The Morgan fingerprint density at radius 3 is 2.48 bits per heavy atom. The number of rotatable bonds is 7. The molecule has 2 N–H and O–H groups in total. The molecule has 5 nitrogen and oxygen atoms in total. The van der Waals surface area contributed by atoms with Gasteiger partial charge in [-0.3, -0.25) is 9.59 Å². The Kier molecular flexibility index (Phi) is 7.01. The van der Waals surface area contributed by atoms with Crippen LogP contribution in [-0.4, -0.2) is 37.4 Å². The van der Waals surface area contributed by atoms with Crippen LogP contribution in [-0.2, 0) is 16.0 Å². The molecule has 0 radical (unpaired) electrons. The first kappa shape index (κ1) is 19.0. The topological polar surface area (TPSA) is 61.4 Å². The van der Waals surface area contributed by atoms with Crippen molar-refractivity contribution in [3.63, 3.8) is 0 Å². The molecule has 0 heterocycles. The maximum Gasteiger partial charge on any atom is 0.243 e. The van der Waals surface area contributed by atoms with E-state index in [-0.39, 0.29) is 18.4 Å². The third-order valence-electron chi connectivity index (χ3n) is 3.61. The quantitative estimate of drug-likeness (QED) is 0.743. The summed E-state index contributed by atoms with van der Waals surface area (Å²) in [5, 5.41) is 5.95. The summed E-state index contributed by atoms with van der Waals surface area (Å²) in [6.45, 7) is 0.173. The minimum absolute atomic E-state index is 0.103. The van der Waals surface area contributed by atoms with Crippen LogP contribution in [0.1, 0.15) is 12.0 Å². The van der Waals surface area contributed by atoms with Gasteiger partial charge in [-0.2, -0.15) is 0 Å². The molecule has 0 aliphatic heterocycles. The van der Waals surface area contributed by atoms with Gasteiger partial charge in [-0.05, 0) is 42.3 Å². The van der Waals surface area contributed by atoms with Crippen molar-refractivity contribution in [2.75, 3.05) is 31.3 Å². The number of hydrogen-bond acceptors (Lipinski definition) is 3. The molecule has 0 aromatic heterocycles. The maximum absolute atomic E-state index is 12.0. The zero-order valence-electron chi connectivity index (χ0n) is 14.4. The van der Waals surface area contributed by atoms with Gasteiger partial charge in [0.2, 0.25) is 11.8 Å². The van der Waals surface area contributed by atoms with Crippen molar-refractivity contribution in [1.29, 1.82) is 0 Å². The van der Waals surface area contributed by atoms with E-state index in [2.05, 4.69) is 26.6 Å². The SMILES string of the molecule is CN(C)C(=O)CCc1cccc(NCC(=O)Nc2cccc(Br)c2)c1. The lowest BCUT2D eigenvalue weighted by atomic mass is 10.1. The minimum Gasteiger partial charge on any atom is -0.376 e. The molecule has 0 fully saturated rings. The number of carbonyl (C=O) groups is 2. The Morgan fingerprint density at radius 1 is 1.04 bits per heavy atom. The van der Waals surface area contributed by atoms with Gasteiger partial charge in [0.05, 0.1) is 6.54 Å². The van der Waals surface area contributed by atoms with E-state index in [9.17, 15) is 9.59 Å². The summed E-state index contributed by atoms with van der Waals surface area (Å²) in [6.07, 6.45) is 1.15. The second-order valence-corrected chi connectivity index (χ2v) is 6.82. The van der Waals surface area contributed by atoms with E-state index in [0.717, 1.165) is 21.4 Å². The molecule has 2 aromatic rings. The second kappa shape index (κ2) is 9.22. The molecule has 132 valence electrons. The first-order chi connectivity index (χ1) is 11.9. The van der Waals surface area contributed by atoms with E-state index in [1.54, 1.807) is 19.0 Å². The van der Waals surface area contributed by atoms with Gasteiger partial charge in [0.1, 0.15) is 0 Å². The lowest BCUT2D eigenvalue weighted by Gasteiger charge is -2.11. The van der Waals surface area contributed by atoms with Gasteiger partial charge in [-0.25, -0.2) is 0 Å². The summed E-state index contributed by atoms with van der Waals surface area (Å²) in [5.41, 5.74) is 2.67. The van der Waals surface area contributed by atoms with Crippen molar-refractivity contribution in [3.05, 3.63) is 58.6 Å². The Bertz CT molecular complexity index is 747. The summed E-state index contributed by atoms with van der Waals surface area (Å²) in [6, 6.07) is 15.2. The Morgan fingerprint density at radius 2 is 1.76 bits per heavy atom. The number of halogens is 1. The van der Waals surface area contributed by atoms with Crippen LogP contribution in [0.3, 0.4) is 0 Å². The molecule has 0 saturated heterocycles. The van der Waals surface area contributed by atoms with Crippen LogP contribution in [0.4, 0.5) is 11.4 Å². The van der Waals surface area contributed by atoms with E-state index in [4.69, 9.17) is 0 Å². The number of hydrogen-bond donors (Lipinski definition) is 2. The number of carbonyl (C=O) groups excluding carboxylic acids is 2. The second-order valence-electron chi connectivity index (χ2n) is 5.90. The molecule has 0 spiro atoms. The molecule has 0 aliphatic carbocycles. The monoisotopic (exact) mass is 403 g/mol. The highest BCUT2D eigenvalue weighted by molar-refractivity contribution is 9.10. The fourth-order valence-corrected chi connectivity index (χ4v) is 2.66. The van der Waals surface area contributed by atoms with E-state index in [0.29, 0.717) is 12.8 Å². The average Bonchev–Trinajstić information content (AvgIpc) is 2.58. The molecule has 0 saturated carbocycles. The van der Waals surface area contributed by atoms with Crippen LogP contribution in [0.5, 0.6) is 0 Å². The van der Waals surface area contributed by atoms with Gasteiger partial charge in [0.25, 0.3) is 0 Å². The highest BCUT2D eigenvalue weighted by Gasteiger charge is 2.06. The van der Waals surface area contributed by atoms with Gasteiger partial charge >= 0.3 is 0 Å². The Hall–Kier alpha value is -2.34. The molecule has 0 bridgehead atoms. The lowest BCUT2D eigenvalue weighted by molar-refractivity contribution is -0.128. The molecule has 2 aromatic carbocycles. The zero-order valence-corrected chi connectivity index (χ0v) is 16.0. The molecule has 0 atom stereocenters. The smallest absolute Gasteiger partial charge is 0.243 e. The highest BCUT2D eigenvalue weighted by atomic mass is 79.9. The van der Waals surface area contributed by atoms with Crippen LogP contribution in [0, 0.1) is 0 Å². The molecular weight excluding hydrogens is 382 g/mol. The van der Waals surface area contributed by atoms with Gasteiger partial charge in [0, 0.05) is 36.4 Å². The third-order valence-corrected chi connectivity index (χ3v) is 4.11. The zero-order chi connectivity index (χ0) is 18.2. The number of benzene rings is 2. The van der Waals surface area contributed by atoms with Crippen LogP contribution in [0.15, 0.2) is 53.0 Å². The highest BCUT2D eigenvalue weighted by Crippen LogP contribution is 2.16. The summed E-state index contributed by atoms with van der Waals surface area (Å²) in [5.74, 6) is -0.0157. The van der Waals surface area contributed by atoms with Crippen molar-refractivity contribution in [1.82, 2.24) is 4.90 Å². The number of aryl methyl sites for hydroxylation is 1. The maximum atomic E-state index is 12.0. The van der Waals surface area contributed by atoms with Crippen molar-refractivity contribution in [3.8, 4) is 0 Å². The van der Waals surface area contributed by atoms with Crippen LogP contribution >= 0.6 is 15.9 Å². The molecule has 6 heteroatoms. The number of nitrogens with one attached hydrogen (secondary N) is 2. The van der Waals surface area contributed by atoms with E-state index < -0.39 is 0 Å². The third kappa shape index (κ3) is 6.58. The lowest BCUT2D eigenvalue weighted by Crippen LogP contribution is -2.22. The van der Waals surface area contributed by atoms with Gasteiger partial charge < -0.3 is 15.5 Å². The average molecular weight is 404 g/mol. The molecule has 0 aliphatic rings. The fourth-order valence-electron chi connectivity index (χ4n) is 2.27. The normalized spacial score (nSPS) is 10.2. The van der Waals surface area contributed by atoms with Crippen LogP contribution in [0.2, 0.25) is 0 Å². The summed E-state index contributed by atoms with van der Waals surface area (Å²) < 4.78 is 0.915. The van der Waals surface area contributed by atoms with Gasteiger partial charge in [0.15, 0.2) is 0 Å².